The molecule has 59 heavy (non-hydrogen) atoms. The molecule has 0 atom stereocenters. The monoisotopic (exact) mass is 757 g/mol. The van der Waals surface area contributed by atoms with E-state index in [0.29, 0.717) is 0 Å². The molecule has 0 aliphatic heterocycles. The standard InChI is InChI=1S/C56H39NO2/c1-2-12-43(31-25-39-16-11-15-38-13-3-5-17-45(38)39)57(44-29-23-37(24-30-44)41-27-33-54-50(35-41)48-20-8-10-22-53(48)58-54)52-21-9-7-18-46(52)42-28-34-55-51(36-42)49-32-26-40-14-4-6-19-47(40)56(49)59-55/h2-24,26-36H,25H2,1H3/b12-2-,43-31+. The first-order valence-electron chi connectivity index (χ1n) is 20.2. The van der Waals surface area contributed by atoms with Crippen LogP contribution in [0.5, 0.6) is 0 Å². The van der Waals surface area contributed by atoms with Crippen molar-refractivity contribution in [2.75, 3.05) is 4.90 Å². The minimum absolute atomic E-state index is 0.775. The third-order valence-electron chi connectivity index (χ3n) is 11.7. The summed E-state index contributed by atoms with van der Waals surface area (Å²) in [5.41, 5.74) is 12.7. The number of nitrogens with zero attached hydrogens (tertiary/aromatic N) is 1. The molecule has 2 heterocycles. The largest absolute Gasteiger partial charge is 0.456 e. The lowest BCUT2D eigenvalue weighted by molar-refractivity contribution is 0.669. The van der Waals surface area contributed by atoms with Crippen LogP contribution in [0.25, 0.3) is 87.7 Å². The Labute approximate surface area is 342 Å². The molecule has 0 aliphatic rings. The zero-order chi connectivity index (χ0) is 39.3. The molecule has 0 saturated carbocycles. The van der Waals surface area contributed by atoms with Gasteiger partial charge < -0.3 is 13.7 Å². The van der Waals surface area contributed by atoms with Gasteiger partial charge in [-0.1, -0.05) is 146 Å². The topological polar surface area (TPSA) is 29.5 Å². The number of benzene rings is 9. The quantitative estimate of drug-likeness (QED) is 0.145. The highest BCUT2D eigenvalue weighted by Crippen LogP contribution is 2.42. The third-order valence-corrected chi connectivity index (χ3v) is 11.7. The van der Waals surface area contributed by atoms with Crippen LogP contribution < -0.4 is 4.90 Å². The molecule has 0 amide bonds. The Hall–Kier alpha value is -7.62. The van der Waals surface area contributed by atoms with Crippen LogP contribution in [0.3, 0.4) is 0 Å². The second-order valence-electron chi connectivity index (χ2n) is 15.2. The first kappa shape index (κ1) is 34.6. The molecule has 0 spiro atoms. The van der Waals surface area contributed by atoms with Gasteiger partial charge in [0.05, 0.1) is 5.69 Å². The fourth-order valence-electron chi connectivity index (χ4n) is 8.81. The number of fused-ring (bicyclic) bond motifs is 9. The Balaban J connectivity index is 1.06. The zero-order valence-corrected chi connectivity index (χ0v) is 32.6. The highest BCUT2D eigenvalue weighted by atomic mass is 16.3. The van der Waals surface area contributed by atoms with Crippen LogP contribution in [-0.2, 0) is 6.42 Å². The molecule has 0 fully saturated rings. The van der Waals surface area contributed by atoms with E-state index in [9.17, 15) is 0 Å². The fourth-order valence-corrected chi connectivity index (χ4v) is 8.81. The van der Waals surface area contributed by atoms with Crippen LogP contribution in [0, 0.1) is 0 Å². The van der Waals surface area contributed by atoms with Crippen LogP contribution in [0.1, 0.15) is 12.5 Å². The van der Waals surface area contributed by atoms with E-state index in [4.69, 9.17) is 8.83 Å². The second kappa shape index (κ2) is 14.4. The minimum Gasteiger partial charge on any atom is -0.456 e. The van der Waals surface area contributed by atoms with Gasteiger partial charge in [-0.2, -0.15) is 0 Å². The number of rotatable bonds is 8. The van der Waals surface area contributed by atoms with Crippen LogP contribution in [0.4, 0.5) is 11.4 Å². The molecular weight excluding hydrogens is 719 g/mol. The van der Waals surface area contributed by atoms with Crippen LogP contribution >= 0.6 is 0 Å². The van der Waals surface area contributed by atoms with Crippen LogP contribution in [0.2, 0.25) is 0 Å². The molecule has 2 aromatic heterocycles. The second-order valence-corrected chi connectivity index (χ2v) is 15.2. The summed E-state index contributed by atoms with van der Waals surface area (Å²) in [4.78, 5) is 2.40. The molecule has 0 bridgehead atoms. The summed E-state index contributed by atoms with van der Waals surface area (Å²) in [7, 11) is 0. The molecule has 11 aromatic rings. The highest BCUT2D eigenvalue weighted by molar-refractivity contribution is 6.15. The van der Waals surface area contributed by atoms with Gasteiger partial charge in [0.25, 0.3) is 0 Å². The molecule has 0 unspecified atom stereocenters. The number of furan rings is 2. The number of anilines is 2. The average Bonchev–Trinajstić information content (AvgIpc) is 3.87. The van der Waals surface area contributed by atoms with Gasteiger partial charge in [-0.25, -0.2) is 0 Å². The van der Waals surface area contributed by atoms with E-state index in [2.05, 4.69) is 206 Å². The van der Waals surface area contributed by atoms with Gasteiger partial charge in [0.15, 0.2) is 0 Å². The number of hydrogen-bond acceptors (Lipinski definition) is 3. The molecule has 3 heteroatoms. The van der Waals surface area contributed by atoms with Crippen molar-refractivity contribution in [3.63, 3.8) is 0 Å². The zero-order valence-electron chi connectivity index (χ0n) is 32.6. The van der Waals surface area contributed by atoms with Crippen molar-refractivity contribution in [2.24, 2.45) is 0 Å². The summed E-state index contributed by atoms with van der Waals surface area (Å²) in [5, 5.41) is 9.31. The molecule has 0 N–H and O–H groups in total. The normalized spacial score (nSPS) is 12.3. The van der Waals surface area contributed by atoms with Crippen LogP contribution in [-0.4, -0.2) is 0 Å². The summed E-state index contributed by atoms with van der Waals surface area (Å²) >= 11 is 0. The van der Waals surface area contributed by atoms with Gasteiger partial charge in [0, 0.05) is 43.9 Å². The van der Waals surface area contributed by atoms with E-state index >= 15 is 0 Å². The van der Waals surface area contributed by atoms with E-state index in [1.54, 1.807) is 0 Å². The summed E-state index contributed by atoms with van der Waals surface area (Å²) in [6, 6.07) is 67.1. The molecule has 0 radical (unpaired) electrons. The van der Waals surface area contributed by atoms with E-state index in [1.165, 1.54) is 21.7 Å². The fraction of sp³-hybridized carbons (Fsp3) is 0.0357. The molecule has 3 nitrogen and oxygen atoms in total. The molecule has 0 saturated heterocycles. The Kier molecular flexibility index (Phi) is 8.45. The summed E-state index contributed by atoms with van der Waals surface area (Å²) in [6.45, 7) is 2.09. The number of para-hydroxylation sites is 2. The van der Waals surface area contributed by atoms with Crippen molar-refractivity contribution >= 4 is 76.8 Å². The molecular formula is C56H39NO2. The Morgan fingerprint density at radius 3 is 1.95 bits per heavy atom. The maximum absolute atomic E-state index is 6.53. The predicted molar refractivity (Wildman–Crippen MR) is 249 cm³/mol. The summed E-state index contributed by atoms with van der Waals surface area (Å²) < 4.78 is 12.7. The van der Waals surface area contributed by atoms with E-state index in [0.717, 1.165) is 95.0 Å². The van der Waals surface area contributed by atoms with Crippen molar-refractivity contribution in [3.8, 4) is 22.3 Å². The highest BCUT2D eigenvalue weighted by Gasteiger charge is 2.20. The third kappa shape index (κ3) is 6.07. The Bertz CT molecular complexity index is 3430. The van der Waals surface area contributed by atoms with Crippen molar-refractivity contribution in [1.82, 2.24) is 0 Å². The van der Waals surface area contributed by atoms with Gasteiger partial charge in [-0.05, 0) is 112 Å². The molecule has 11 rings (SSSR count). The lowest BCUT2D eigenvalue weighted by Gasteiger charge is -2.29. The van der Waals surface area contributed by atoms with Gasteiger partial charge >= 0.3 is 0 Å². The van der Waals surface area contributed by atoms with Crippen molar-refractivity contribution in [2.45, 2.75) is 13.3 Å². The minimum atomic E-state index is 0.775. The number of allylic oxidation sites excluding steroid dienone is 3. The Morgan fingerprint density at radius 1 is 0.475 bits per heavy atom. The molecule has 0 aliphatic carbocycles. The van der Waals surface area contributed by atoms with Crippen molar-refractivity contribution in [3.05, 3.63) is 218 Å². The SMILES string of the molecule is C/C=C\C(=C/Cc1cccc2ccccc12)N(c1ccc(-c2ccc3oc4ccccc4c3c2)cc1)c1ccccc1-c1ccc2oc3c4ccccc4ccc3c2c1. The van der Waals surface area contributed by atoms with Crippen LogP contribution in [0.15, 0.2) is 221 Å². The summed E-state index contributed by atoms with van der Waals surface area (Å²) in [6.07, 6.45) is 7.50. The van der Waals surface area contributed by atoms with E-state index < -0.39 is 0 Å². The first-order chi connectivity index (χ1) is 29.2. The molecule has 9 aromatic carbocycles. The number of hydrogen-bond donors (Lipinski definition) is 0. The predicted octanol–water partition coefficient (Wildman–Crippen LogP) is 16.0. The Morgan fingerprint density at radius 2 is 1.10 bits per heavy atom. The van der Waals surface area contributed by atoms with Gasteiger partial charge in [0.2, 0.25) is 0 Å². The van der Waals surface area contributed by atoms with Crippen molar-refractivity contribution in [1.29, 1.82) is 0 Å². The maximum atomic E-state index is 6.53. The smallest absolute Gasteiger partial charge is 0.143 e. The van der Waals surface area contributed by atoms with Gasteiger partial charge in [0.1, 0.15) is 22.3 Å². The molecule has 280 valence electrons. The maximum Gasteiger partial charge on any atom is 0.143 e. The summed E-state index contributed by atoms with van der Waals surface area (Å²) in [5.74, 6) is 0. The van der Waals surface area contributed by atoms with E-state index in [-0.39, 0.29) is 0 Å². The lowest BCUT2D eigenvalue weighted by Crippen LogP contribution is -2.16. The van der Waals surface area contributed by atoms with Gasteiger partial charge in [-0.3, -0.25) is 0 Å². The lowest BCUT2D eigenvalue weighted by atomic mass is 9.98. The van der Waals surface area contributed by atoms with E-state index in [1.807, 2.05) is 12.1 Å². The average molecular weight is 758 g/mol. The van der Waals surface area contributed by atoms with Crippen molar-refractivity contribution < 1.29 is 8.83 Å². The first-order valence-corrected chi connectivity index (χ1v) is 20.2. The van der Waals surface area contributed by atoms with Gasteiger partial charge in [-0.15, -0.1) is 0 Å².